The highest BCUT2D eigenvalue weighted by Gasteiger charge is 2.44. The summed E-state index contributed by atoms with van der Waals surface area (Å²) < 4.78 is 5.03. The van der Waals surface area contributed by atoms with Crippen molar-refractivity contribution in [2.24, 2.45) is 0 Å². The van der Waals surface area contributed by atoms with Gasteiger partial charge in [0.15, 0.2) is 5.54 Å². The highest BCUT2D eigenvalue weighted by Crippen LogP contribution is 2.23. The molecule has 1 aliphatic rings. The lowest BCUT2D eigenvalue weighted by molar-refractivity contribution is -0.385. The molecule has 8 nitrogen and oxygen atoms in total. The number of amides is 1. The van der Waals surface area contributed by atoms with Crippen LogP contribution >= 0.6 is 0 Å². The Hall–Kier alpha value is -2.48. The molecule has 0 aromatic heterocycles. The van der Waals surface area contributed by atoms with Crippen molar-refractivity contribution in [3.05, 3.63) is 39.4 Å². The van der Waals surface area contributed by atoms with Crippen molar-refractivity contribution < 1.29 is 24.4 Å². The lowest BCUT2D eigenvalue weighted by Gasteiger charge is -2.23. The van der Waals surface area contributed by atoms with E-state index in [4.69, 9.17) is 4.74 Å². The number of rotatable bonds is 4. The number of aryl methyl sites for hydroxylation is 1. The zero-order valence-electron chi connectivity index (χ0n) is 11.3. The van der Waals surface area contributed by atoms with Gasteiger partial charge in [-0.05, 0) is 18.6 Å². The molecular weight excluding hydrogens is 280 g/mol. The smallest absolute Gasteiger partial charge is 0.331 e. The number of nitro groups is 1. The van der Waals surface area contributed by atoms with E-state index in [1.807, 2.05) is 0 Å². The molecule has 0 saturated carbocycles. The summed E-state index contributed by atoms with van der Waals surface area (Å²) >= 11 is 0. The molecule has 1 unspecified atom stereocenters. The van der Waals surface area contributed by atoms with Crippen LogP contribution in [0.4, 0.5) is 5.69 Å². The summed E-state index contributed by atoms with van der Waals surface area (Å²) in [4.78, 5) is 33.9. The van der Waals surface area contributed by atoms with E-state index >= 15 is 0 Å². The molecule has 8 heteroatoms. The number of hydrogen-bond acceptors (Lipinski definition) is 5. The minimum absolute atomic E-state index is 0.119. The van der Waals surface area contributed by atoms with Crippen LogP contribution in [0.5, 0.6) is 0 Å². The Balaban J connectivity index is 2.34. The van der Waals surface area contributed by atoms with Crippen LogP contribution in [-0.2, 0) is 9.53 Å². The number of nitrogens with one attached hydrogen (secondary N) is 1. The van der Waals surface area contributed by atoms with Crippen molar-refractivity contribution in [2.75, 3.05) is 13.2 Å². The van der Waals surface area contributed by atoms with Crippen LogP contribution in [0.1, 0.15) is 22.3 Å². The van der Waals surface area contributed by atoms with Crippen molar-refractivity contribution in [2.45, 2.75) is 18.9 Å². The lowest BCUT2D eigenvalue weighted by Crippen LogP contribution is -2.55. The van der Waals surface area contributed by atoms with Crippen LogP contribution in [0.25, 0.3) is 0 Å². The van der Waals surface area contributed by atoms with Crippen LogP contribution in [0, 0.1) is 17.0 Å². The largest absolute Gasteiger partial charge is 0.479 e. The van der Waals surface area contributed by atoms with Crippen LogP contribution in [-0.4, -0.2) is 40.7 Å². The van der Waals surface area contributed by atoms with Gasteiger partial charge >= 0.3 is 5.97 Å². The summed E-state index contributed by atoms with van der Waals surface area (Å²) in [6.45, 7) is 1.74. The number of carboxylic acid groups (broad SMARTS) is 1. The fourth-order valence-electron chi connectivity index (χ4n) is 2.16. The van der Waals surface area contributed by atoms with Gasteiger partial charge < -0.3 is 15.2 Å². The minimum Gasteiger partial charge on any atom is -0.479 e. The molecule has 1 saturated heterocycles. The second-order valence-corrected chi connectivity index (χ2v) is 4.92. The predicted molar refractivity (Wildman–Crippen MR) is 71.1 cm³/mol. The average molecular weight is 294 g/mol. The summed E-state index contributed by atoms with van der Waals surface area (Å²) in [5, 5.41) is 22.6. The van der Waals surface area contributed by atoms with E-state index in [-0.39, 0.29) is 30.9 Å². The van der Waals surface area contributed by atoms with E-state index in [1.165, 1.54) is 18.2 Å². The van der Waals surface area contributed by atoms with Gasteiger partial charge in [0.2, 0.25) is 0 Å². The molecular formula is C13H14N2O6. The van der Waals surface area contributed by atoms with E-state index in [2.05, 4.69) is 5.32 Å². The summed E-state index contributed by atoms with van der Waals surface area (Å²) in [5.41, 5.74) is -1.39. The summed E-state index contributed by atoms with van der Waals surface area (Å²) in [7, 11) is 0. The monoisotopic (exact) mass is 294 g/mol. The van der Waals surface area contributed by atoms with Gasteiger partial charge in [-0.3, -0.25) is 14.9 Å². The van der Waals surface area contributed by atoms with E-state index in [0.29, 0.717) is 5.56 Å². The third-order valence-electron chi connectivity index (χ3n) is 3.38. The number of carbonyl (C=O) groups is 2. The molecule has 112 valence electrons. The van der Waals surface area contributed by atoms with Crippen molar-refractivity contribution in [1.82, 2.24) is 5.32 Å². The van der Waals surface area contributed by atoms with Crippen molar-refractivity contribution >= 4 is 17.6 Å². The number of nitrogens with zero attached hydrogens (tertiary/aromatic N) is 1. The van der Waals surface area contributed by atoms with Crippen molar-refractivity contribution in [3.63, 3.8) is 0 Å². The van der Waals surface area contributed by atoms with Crippen LogP contribution < -0.4 is 5.32 Å². The Kier molecular flexibility index (Phi) is 3.90. The Morgan fingerprint density at radius 1 is 1.48 bits per heavy atom. The molecule has 2 N–H and O–H groups in total. The molecule has 1 heterocycles. The first-order valence-corrected chi connectivity index (χ1v) is 6.24. The number of hydrogen-bond donors (Lipinski definition) is 2. The van der Waals surface area contributed by atoms with Crippen molar-refractivity contribution in [1.29, 1.82) is 0 Å². The SMILES string of the molecule is Cc1ccc([N+](=O)[O-])c(C(=O)NC2(C(=O)O)CCOC2)c1. The first-order valence-electron chi connectivity index (χ1n) is 6.24. The molecule has 0 bridgehead atoms. The number of carboxylic acids is 1. The Morgan fingerprint density at radius 3 is 2.71 bits per heavy atom. The predicted octanol–water partition coefficient (Wildman–Crippen LogP) is 0.877. The van der Waals surface area contributed by atoms with Crippen LogP contribution in [0.15, 0.2) is 18.2 Å². The maximum Gasteiger partial charge on any atom is 0.331 e. The van der Waals surface area contributed by atoms with Gasteiger partial charge in [-0.15, -0.1) is 0 Å². The van der Waals surface area contributed by atoms with Crippen LogP contribution in [0.2, 0.25) is 0 Å². The zero-order chi connectivity index (χ0) is 15.6. The van der Waals surface area contributed by atoms with Gasteiger partial charge in [0.05, 0.1) is 11.5 Å². The van der Waals surface area contributed by atoms with Gasteiger partial charge in [0.1, 0.15) is 5.56 Å². The third-order valence-corrected chi connectivity index (χ3v) is 3.38. The third kappa shape index (κ3) is 2.84. The van der Waals surface area contributed by atoms with Gasteiger partial charge in [-0.1, -0.05) is 6.07 Å². The molecule has 0 spiro atoms. The van der Waals surface area contributed by atoms with E-state index < -0.39 is 22.3 Å². The number of ether oxygens (including phenoxy) is 1. The Labute approximate surface area is 119 Å². The van der Waals surface area contributed by atoms with E-state index in [1.54, 1.807) is 6.92 Å². The van der Waals surface area contributed by atoms with Gasteiger partial charge in [-0.2, -0.15) is 0 Å². The molecule has 1 aromatic rings. The average Bonchev–Trinajstić information content (AvgIpc) is 2.88. The molecule has 1 fully saturated rings. The summed E-state index contributed by atoms with van der Waals surface area (Å²) in [6.07, 6.45) is 0.119. The molecule has 0 radical (unpaired) electrons. The number of aliphatic carboxylic acids is 1. The standard InChI is InChI=1S/C13H14N2O6/c1-8-2-3-10(15(19)20)9(6-8)11(16)14-13(12(17)18)4-5-21-7-13/h2-3,6H,4-5,7H2,1H3,(H,14,16)(H,17,18). The van der Waals surface area contributed by atoms with E-state index in [9.17, 15) is 24.8 Å². The highest BCUT2D eigenvalue weighted by atomic mass is 16.6. The second-order valence-electron chi connectivity index (χ2n) is 4.92. The first-order chi connectivity index (χ1) is 9.85. The minimum atomic E-state index is -1.53. The topological polar surface area (TPSA) is 119 Å². The zero-order valence-corrected chi connectivity index (χ0v) is 11.3. The molecule has 1 amide bonds. The Bertz CT molecular complexity index is 607. The Morgan fingerprint density at radius 2 is 2.19 bits per heavy atom. The fourth-order valence-corrected chi connectivity index (χ4v) is 2.16. The molecule has 1 aromatic carbocycles. The maximum atomic E-state index is 12.3. The first kappa shape index (κ1) is 14.9. The van der Waals surface area contributed by atoms with Crippen LogP contribution in [0.3, 0.4) is 0 Å². The molecule has 1 atom stereocenters. The normalized spacial score (nSPS) is 21.0. The number of carbonyl (C=O) groups excluding carboxylic acids is 1. The molecule has 0 aliphatic carbocycles. The summed E-state index contributed by atoms with van der Waals surface area (Å²) in [5.74, 6) is -2.01. The molecule has 21 heavy (non-hydrogen) atoms. The molecule has 1 aliphatic heterocycles. The highest BCUT2D eigenvalue weighted by molar-refractivity contribution is 6.01. The van der Waals surface area contributed by atoms with Gasteiger partial charge in [0.25, 0.3) is 11.6 Å². The van der Waals surface area contributed by atoms with Gasteiger partial charge in [-0.25, -0.2) is 4.79 Å². The van der Waals surface area contributed by atoms with E-state index in [0.717, 1.165) is 0 Å². The molecule has 2 rings (SSSR count). The van der Waals surface area contributed by atoms with Gasteiger partial charge in [0, 0.05) is 19.1 Å². The fraction of sp³-hybridized carbons (Fsp3) is 0.385. The summed E-state index contributed by atoms with van der Waals surface area (Å²) in [6, 6.07) is 4.10. The quantitative estimate of drug-likeness (QED) is 0.628. The maximum absolute atomic E-state index is 12.3. The number of benzene rings is 1. The van der Waals surface area contributed by atoms with Crippen molar-refractivity contribution in [3.8, 4) is 0 Å². The number of nitro benzene ring substituents is 1. The lowest BCUT2D eigenvalue weighted by atomic mass is 9.98. The second kappa shape index (κ2) is 5.49.